The van der Waals surface area contributed by atoms with Gasteiger partial charge in [-0.2, -0.15) is 0 Å². The summed E-state index contributed by atoms with van der Waals surface area (Å²) >= 11 is 0. The monoisotopic (exact) mass is 331 g/mol. The van der Waals surface area contributed by atoms with Crippen LogP contribution in [0.2, 0.25) is 0 Å². The zero-order valence-electron chi connectivity index (χ0n) is 15.1. The summed E-state index contributed by atoms with van der Waals surface area (Å²) in [7, 11) is 1.68. The molecular formula is C20H29NO3. The molecule has 1 aromatic rings. The number of amides is 1. The van der Waals surface area contributed by atoms with Crippen LogP contribution >= 0.6 is 0 Å². The molecule has 2 atom stereocenters. The summed E-state index contributed by atoms with van der Waals surface area (Å²) in [5, 5.41) is 0. The summed E-state index contributed by atoms with van der Waals surface area (Å²) in [4.78, 5) is 15.7. The van der Waals surface area contributed by atoms with Crippen LogP contribution in [0.1, 0.15) is 38.7 Å². The number of methoxy groups -OCH3 is 1. The molecule has 0 aromatic heterocycles. The fourth-order valence-corrected chi connectivity index (χ4v) is 4.49. The van der Waals surface area contributed by atoms with Crippen molar-refractivity contribution in [1.29, 1.82) is 0 Å². The normalized spacial score (nSPS) is 26.9. The Bertz CT molecular complexity index is 570. The van der Waals surface area contributed by atoms with Crippen molar-refractivity contribution >= 4 is 5.91 Å². The van der Waals surface area contributed by atoms with E-state index in [0.717, 1.165) is 37.2 Å². The molecule has 0 aliphatic carbocycles. The Morgan fingerprint density at radius 3 is 2.42 bits per heavy atom. The molecule has 4 heteroatoms. The number of piperidine rings is 1. The Morgan fingerprint density at radius 2 is 1.79 bits per heavy atom. The first-order valence-electron chi connectivity index (χ1n) is 9.07. The van der Waals surface area contributed by atoms with Crippen LogP contribution in [0.25, 0.3) is 0 Å². The molecule has 0 bridgehead atoms. The SMILES string of the molecule is COc1ccccc1C1(C(=O)N2C[C@H](C)C[C@@H](C)C2)CCOCC1. The zero-order chi connectivity index (χ0) is 17.2. The van der Waals surface area contributed by atoms with Gasteiger partial charge in [0.2, 0.25) is 5.91 Å². The van der Waals surface area contributed by atoms with Crippen molar-refractivity contribution in [1.82, 2.24) is 4.90 Å². The van der Waals surface area contributed by atoms with Gasteiger partial charge in [0.1, 0.15) is 5.75 Å². The van der Waals surface area contributed by atoms with Crippen molar-refractivity contribution in [2.45, 2.75) is 38.5 Å². The molecule has 2 aliphatic heterocycles. The Kier molecular flexibility index (Phi) is 5.14. The fraction of sp³-hybridized carbons (Fsp3) is 0.650. The highest BCUT2D eigenvalue weighted by Gasteiger charge is 2.46. The Balaban J connectivity index is 1.98. The summed E-state index contributed by atoms with van der Waals surface area (Å²) in [5.41, 5.74) is 0.508. The number of hydrogen-bond acceptors (Lipinski definition) is 3. The van der Waals surface area contributed by atoms with E-state index in [9.17, 15) is 4.79 Å². The summed E-state index contributed by atoms with van der Waals surface area (Å²) in [6.07, 6.45) is 2.66. The first-order valence-corrected chi connectivity index (χ1v) is 9.07. The Hall–Kier alpha value is -1.55. The van der Waals surface area contributed by atoms with Crippen molar-refractivity contribution in [3.8, 4) is 5.75 Å². The largest absolute Gasteiger partial charge is 0.496 e. The highest BCUT2D eigenvalue weighted by Crippen LogP contribution is 2.42. The number of likely N-dealkylation sites (tertiary alicyclic amines) is 1. The van der Waals surface area contributed by atoms with Gasteiger partial charge < -0.3 is 14.4 Å². The van der Waals surface area contributed by atoms with Crippen molar-refractivity contribution < 1.29 is 14.3 Å². The van der Waals surface area contributed by atoms with Crippen molar-refractivity contribution in [3.63, 3.8) is 0 Å². The van der Waals surface area contributed by atoms with E-state index in [2.05, 4.69) is 24.8 Å². The van der Waals surface area contributed by atoms with Crippen LogP contribution in [0.3, 0.4) is 0 Å². The smallest absolute Gasteiger partial charge is 0.233 e. The number of nitrogens with zero attached hydrogens (tertiary/aromatic N) is 1. The molecule has 1 aromatic carbocycles. The number of carbonyl (C=O) groups excluding carboxylic acids is 1. The molecule has 0 spiro atoms. The molecule has 2 aliphatic rings. The van der Waals surface area contributed by atoms with E-state index in [-0.39, 0.29) is 5.91 Å². The van der Waals surface area contributed by atoms with E-state index < -0.39 is 5.41 Å². The van der Waals surface area contributed by atoms with Gasteiger partial charge in [-0.05, 0) is 37.2 Å². The number of benzene rings is 1. The summed E-state index contributed by atoms with van der Waals surface area (Å²) < 4.78 is 11.2. The number of carbonyl (C=O) groups is 1. The lowest BCUT2D eigenvalue weighted by atomic mass is 9.72. The van der Waals surface area contributed by atoms with Gasteiger partial charge in [-0.15, -0.1) is 0 Å². The van der Waals surface area contributed by atoms with Gasteiger partial charge in [-0.3, -0.25) is 4.79 Å². The van der Waals surface area contributed by atoms with Crippen molar-refractivity contribution in [3.05, 3.63) is 29.8 Å². The van der Waals surface area contributed by atoms with Crippen LogP contribution in [-0.2, 0) is 14.9 Å². The van der Waals surface area contributed by atoms with E-state index in [0.29, 0.717) is 25.0 Å². The lowest BCUT2D eigenvalue weighted by molar-refractivity contribution is -0.144. The standard InChI is InChI=1S/C20H29NO3/c1-15-12-16(2)14-21(13-15)19(22)20(8-10-24-11-9-20)17-6-4-5-7-18(17)23-3/h4-7,15-16H,8-14H2,1-3H3/t15-,16-/m1/s1. The minimum atomic E-state index is -0.512. The molecule has 2 fully saturated rings. The van der Waals surface area contributed by atoms with E-state index in [1.807, 2.05) is 18.2 Å². The molecule has 2 saturated heterocycles. The second-order valence-corrected chi connectivity index (χ2v) is 7.55. The molecule has 1 amide bonds. The maximum absolute atomic E-state index is 13.6. The van der Waals surface area contributed by atoms with Gasteiger partial charge in [0.15, 0.2) is 0 Å². The second-order valence-electron chi connectivity index (χ2n) is 7.55. The van der Waals surface area contributed by atoms with Crippen LogP contribution < -0.4 is 4.74 Å². The molecule has 24 heavy (non-hydrogen) atoms. The molecule has 0 N–H and O–H groups in total. The first-order chi connectivity index (χ1) is 11.6. The first kappa shape index (κ1) is 17.3. The van der Waals surface area contributed by atoms with E-state index >= 15 is 0 Å². The maximum Gasteiger partial charge on any atom is 0.233 e. The third kappa shape index (κ3) is 3.16. The molecule has 0 radical (unpaired) electrons. The highest BCUT2D eigenvalue weighted by molar-refractivity contribution is 5.89. The molecule has 3 rings (SSSR count). The second kappa shape index (κ2) is 7.14. The number of para-hydroxylation sites is 1. The van der Waals surface area contributed by atoms with Gasteiger partial charge in [-0.25, -0.2) is 0 Å². The number of hydrogen-bond donors (Lipinski definition) is 0. The number of ether oxygens (including phenoxy) is 2. The van der Waals surface area contributed by atoms with E-state index in [1.54, 1.807) is 7.11 Å². The van der Waals surface area contributed by atoms with Crippen molar-refractivity contribution in [2.75, 3.05) is 33.4 Å². The van der Waals surface area contributed by atoms with Gasteiger partial charge in [0.05, 0.1) is 12.5 Å². The van der Waals surface area contributed by atoms with Crippen LogP contribution in [0, 0.1) is 11.8 Å². The third-order valence-corrected chi connectivity index (χ3v) is 5.53. The van der Waals surface area contributed by atoms with Gasteiger partial charge >= 0.3 is 0 Å². The third-order valence-electron chi connectivity index (χ3n) is 5.53. The van der Waals surface area contributed by atoms with Crippen LogP contribution in [0.5, 0.6) is 5.75 Å². The van der Waals surface area contributed by atoms with Crippen LogP contribution in [0.15, 0.2) is 24.3 Å². The topological polar surface area (TPSA) is 38.8 Å². The van der Waals surface area contributed by atoms with Crippen LogP contribution in [0.4, 0.5) is 0 Å². The molecule has 0 saturated carbocycles. The minimum Gasteiger partial charge on any atom is -0.496 e. The lowest BCUT2D eigenvalue weighted by Crippen LogP contribution is -2.53. The molecule has 4 nitrogen and oxygen atoms in total. The quantitative estimate of drug-likeness (QED) is 0.853. The molecular weight excluding hydrogens is 302 g/mol. The average molecular weight is 331 g/mol. The van der Waals surface area contributed by atoms with Gasteiger partial charge in [-0.1, -0.05) is 32.0 Å². The van der Waals surface area contributed by atoms with E-state index in [1.165, 1.54) is 6.42 Å². The fourth-order valence-electron chi connectivity index (χ4n) is 4.49. The highest BCUT2D eigenvalue weighted by atomic mass is 16.5. The maximum atomic E-state index is 13.6. The lowest BCUT2D eigenvalue weighted by Gasteiger charge is -2.44. The predicted molar refractivity (Wildman–Crippen MR) is 94.3 cm³/mol. The zero-order valence-corrected chi connectivity index (χ0v) is 15.1. The minimum absolute atomic E-state index is 0.258. The summed E-state index contributed by atoms with van der Waals surface area (Å²) in [6.45, 7) is 7.47. The van der Waals surface area contributed by atoms with Crippen molar-refractivity contribution in [2.24, 2.45) is 11.8 Å². The van der Waals surface area contributed by atoms with Crippen LogP contribution in [-0.4, -0.2) is 44.2 Å². The molecule has 0 unspecified atom stereocenters. The van der Waals surface area contributed by atoms with E-state index in [4.69, 9.17) is 9.47 Å². The summed E-state index contributed by atoms with van der Waals surface area (Å²) in [6, 6.07) is 7.98. The summed E-state index contributed by atoms with van der Waals surface area (Å²) in [5.74, 6) is 2.19. The Labute approximate surface area is 145 Å². The van der Waals surface area contributed by atoms with Gasteiger partial charge in [0.25, 0.3) is 0 Å². The predicted octanol–water partition coefficient (Wildman–Crippen LogP) is 3.25. The Morgan fingerprint density at radius 1 is 1.17 bits per heavy atom. The van der Waals surface area contributed by atoms with Gasteiger partial charge in [0, 0.05) is 31.9 Å². The molecule has 2 heterocycles. The molecule has 132 valence electrons. The average Bonchev–Trinajstić information content (AvgIpc) is 2.60. The number of rotatable bonds is 3.